The van der Waals surface area contributed by atoms with Crippen molar-refractivity contribution < 1.29 is 27.9 Å². The molecule has 3 rings (SSSR count). The van der Waals surface area contributed by atoms with Gasteiger partial charge in [0.1, 0.15) is 16.8 Å². The minimum atomic E-state index is -4.74. The summed E-state index contributed by atoms with van der Waals surface area (Å²) < 4.78 is 41.1. The van der Waals surface area contributed by atoms with Crippen molar-refractivity contribution in [2.75, 3.05) is 24.5 Å². The molecule has 2 N–H and O–H groups in total. The first-order chi connectivity index (χ1) is 13.2. The van der Waals surface area contributed by atoms with Crippen molar-refractivity contribution >= 4 is 5.69 Å². The zero-order chi connectivity index (χ0) is 20.5. The number of fused-ring (bicyclic) bond motifs is 1. The quantitative estimate of drug-likeness (QED) is 0.433. The summed E-state index contributed by atoms with van der Waals surface area (Å²) in [6, 6.07) is 5.47. The molecule has 0 spiro atoms. The molecule has 0 aromatic heterocycles. The number of hydrazine groups is 1. The maximum absolute atomic E-state index is 12.5. The highest BCUT2D eigenvalue weighted by Crippen LogP contribution is 2.34. The molecular formula is C18H24F3N4O3+. The summed E-state index contributed by atoms with van der Waals surface area (Å²) in [6.45, 7) is 6.94. The Hall–Kier alpha value is -2.33. The van der Waals surface area contributed by atoms with Gasteiger partial charge in [-0.15, -0.1) is 18.2 Å². The van der Waals surface area contributed by atoms with Gasteiger partial charge in [-0.25, -0.2) is 0 Å². The lowest BCUT2D eigenvalue weighted by atomic mass is 10.0. The number of anilines is 1. The highest BCUT2D eigenvalue weighted by molar-refractivity contribution is 5.50. The van der Waals surface area contributed by atoms with Gasteiger partial charge in [0.25, 0.3) is 0 Å². The maximum Gasteiger partial charge on any atom is 0.573 e. The topological polar surface area (TPSA) is 68.0 Å². The fourth-order valence-corrected chi connectivity index (χ4v) is 3.73. The van der Waals surface area contributed by atoms with Crippen LogP contribution in [0.25, 0.3) is 0 Å². The van der Waals surface area contributed by atoms with E-state index in [1.54, 1.807) is 17.1 Å². The Morgan fingerprint density at radius 3 is 2.68 bits per heavy atom. The first kappa shape index (κ1) is 20.4. The molecule has 10 heteroatoms. The van der Waals surface area contributed by atoms with Gasteiger partial charge in [0.05, 0.1) is 17.9 Å². The second-order valence-electron chi connectivity index (χ2n) is 7.14. The van der Waals surface area contributed by atoms with E-state index in [4.69, 9.17) is 0 Å². The lowest BCUT2D eigenvalue weighted by molar-refractivity contribution is -0.715. The molecule has 1 aromatic rings. The zero-order valence-electron chi connectivity index (χ0n) is 15.5. The number of aliphatic hydroxyl groups is 1. The van der Waals surface area contributed by atoms with Gasteiger partial charge in [0, 0.05) is 31.6 Å². The molecular weight excluding hydrogens is 377 g/mol. The summed E-state index contributed by atoms with van der Waals surface area (Å²) >= 11 is 0. The number of benzene rings is 1. The van der Waals surface area contributed by atoms with Crippen LogP contribution in [0.2, 0.25) is 0 Å². The predicted octanol–water partition coefficient (Wildman–Crippen LogP) is 2.23. The molecule has 154 valence electrons. The van der Waals surface area contributed by atoms with Crippen LogP contribution in [-0.2, 0) is 0 Å². The molecule has 2 fully saturated rings. The average molecular weight is 401 g/mol. The van der Waals surface area contributed by atoms with E-state index in [2.05, 4.69) is 16.6 Å². The average Bonchev–Trinajstić information content (AvgIpc) is 2.93. The van der Waals surface area contributed by atoms with E-state index < -0.39 is 12.6 Å². The van der Waals surface area contributed by atoms with Gasteiger partial charge in [-0.1, -0.05) is 6.58 Å². The monoisotopic (exact) mass is 401 g/mol. The Balaban J connectivity index is 1.78. The molecule has 7 nitrogen and oxygen atoms in total. The van der Waals surface area contributed by atoms with Gasteiger partial charge < -0.3 is 14.7 Å². The molecule has 4 unspecified atom stereocenters. The summed E-state index contributed by atoms with van der Waals surface area (Å²) in [5.41, 5.74) is 0.709. The second kappa shape index (κ2) is 7.96. The van der Waals surface area contributed by atoms with Gasteiger partial charge >= 0.3 is 6.36 Å². The maximum atomic E-state index is 12.5. The minimum Gasteiger partial charge on any atom is -0.406 e. The normalized spacial score (nSPS) is 26.2. The summed E-state index contributed by atoms with van der Waals surface area (Å²) in [5.74, 6) is -0.263. The van der Waals surface area contributed by atoms with Crippen molar-refractivity contribution in [3.8, 4) is 5.75 Å². The Labute approximate surface area is 160 Å². The summed E-state index contributed by atoms with van der Waals surface area (Å²) in [5, 5.41) is 14.3. The summed E-state index contributed by atoms with van der Waals surface area (Å²) in [6.07, 6.45) is -3.75. The van der Waals surface area contributed by atoms with Crippen molar-refractivity contribution in [2.45, 2.75) is 38.1 Å². The molecule has 2 heterocycles. The molecule has 0 aliphatic carbocycles. The molecule has 2 saturated heterocycles. The van der Waals surface area contributed by atoms with Crippen LogP contribution in [-0.4, -0.2) is 59.4 Å². The van der Waals surface area contributed by atoms with E-state index in [9.17, 15) is 23.2 Å². The van der Waals surface area contributed by atoms with Crippen LogP contribution in [0.5, 0.6) is 5.75 Å². The van der Waals surface area contributed by atoms with Crippen molar-refractivity contribution in [1.29, 1.82) is 0 Å². The molecule has 0 saturated carbocycles. The molecule has 4 atom stereocenters. The lowest BCUT2D eigenvalue weighted by Gasteiger charge is -2.41. The van der Waals surface area contributed by atoms with E-state index >= 15 is 0 Å². The Bertz CT molecular complexity index is 713. The van der Waals surface area contributed by atoms with Crippen LogP contribution in [0.1, 0.15) is 13.3 Å². The standard InChI is InChI=1S/C18H24F3N4O3/c1-3-16(26)22-9-13-10-23(17-8-12(2)25(27)24(17)11-13)14-4-6-15(7-5-14)28-18(19,20)21/h3-7,12-13,16-17,22,26H,1,8-11H2,2H3/q+1. The second-order valence-corrected chi connectivity index (χ2v) is 7.14. The smallest absolute Gasteiger partial charge is 0.406 e. The number of alkyl halides is 3. The number of nitroso groups, excluding NO2 is 1. The van der Waals surface area contributed by atoms with Crippen molar-refractivity contribution in [3.63, 3.8) is 0 Å². The molecule has 2 aliphatic heterocycles. The third-order valence-corrected chi connectivity index (χ3v) is 5.03. The van der Waals surface area contributed by atoms with Gasteiger partial charge in [0.2, 0.25) is 6.04 Å². The number of hydrogen-bond acceptors (Lipinski definition) is 5. The molecule has 1 aromatic carbocycles. The highest BCUT2D eigenvalue weighted by Gasteiger charge is 2.51. The van der Waals surface area contributed by atoms with E-state index in [-0.39, 0.29) is 23.9 Å². The number of nitrogens with zero attached hydrogens (tertiary/aromatic N) is 3. The molecule has 0 bridgehead atoms. The van der Waals surface area contributed by atoms with Crippen LogP contribution in [0, 0.1) is 10.8 Å². The number of aliphatic hydroxyl groups excluding tert-OH is 1. The van der Waals surface area contributed by atoms with Crippen LogP contribution in [0.4, 0.5) is 18.9 Å². The van der Waals surface area contributed by atoms with Gasteiger partial charge in [-0.05, 0) is 30.3 Å². The first-order valence-corrected chi connectivity index (χ1v) is 9.07. The zero-order valence-corrected chi connectivity index (χ0v) is 15.5. The number of nitrogens with one attached hydrogen (secondary N) is 1. The van der Waals surface area contributed by atoms with E-state index in [0.717, 1.165) is 4.87 Å². The van der Waals surface area contributed by atoms with Gasteiger partial charge in [-0.3, -0.25) is 5.32 Å². The van der Waals surface area contributed by atoms with Crippen molar-refractivity contribution in [2.24, 2.45) is 5.92 Å². The molecule has 0 radical (unpaired) electrons. The number of halogens is 3. The fourth-order valence-electron chi connectivity index (χ4n) is 3.73. The molecule has 28 heavy (non-hydrogen) atoms. The number of rotatable bonds is 6. The fraction of sp³-hybridized carbons (Fsp3) is 0.556. The number of ether oxygens (including phenoxy) is 1. The molecule has 0 amide bonds. The minimum absolute atomic E-state index is 0.0266. The van der Waals surface area contributed by atoms with Gasteiger partial charge in [0.15, 0.2) is 6.17 Å². The van der Waals surface area contributed by atoms with Gasteiger partial charge in [-0.2, -0.15) is 0 Å². The third kappa shape index (κ3) is 4.56. The highest BCUT2D eigenvalue weighted by atomic mass is 19.4. The first-order valence-electron chi connectivity index (χ1n) is 9.07. The van der Waals surface area contributed by atoms with Crippen LogP contribution < -0.4 is 15.0 Å². The third-order valence-electron chi connectivity index (χ3n) is 5.03. The van der Waals surface area contributed by atoms with Crippen LogP contribution in [0.3, 0.4) is 0 Å². The Kier molecular flexibility index (Phi) is 5.80. The Morgan fingerprint density at radius 2 is 2.07 bits per heavy atom. The Morgan fingerprint density at radius 1 is 1.39 bits per heavy atom. The largest absolute Gasteiger partial charge is 0.573 e. The van der Waals surface area contributed by atoms with Crippen molar-refractivity contribution in [3.05, 3.63) is 41.8 Å². The van der Waals surface area contributed by atoms with E-state index in [1.807, 2.05) is 11.8 Å². The predicted molar refractivity (Wildman–Crippen MR) is 96.4 cm³/mol. The van der Waals surface area contributed by atoms with E-state index in [0.29, 0.717) is 31.7 Å². The van der Waals surface area contributed by atoms with Crippen molar-refractivity contribution in [1.82, 2.24) is 10.3 Å². The number of hydrogen-bond donors (Lipinski definition) is 2. The van der Waals surface area contributed by atoms with E-state index in [1.165, 1.54) is 18.2 Å². The lowest BCUT2D eigenvalue weighted by Crippen LogP contribution is -2.58. The summed E-state index contributed by atoms with van der Waals surface area (Å²) in [4.78, 5) is 15.4. The SMILES string of the molecule is C=CC(O)NCC1CN(c2ccc(OC(F)(F)F)cc2)C2CC(C)[N+](=O)N2C1. The molecule has 2 aliphatic rings. The van der Waals surface area contributed by atoms with Crippen LogP contribution in [0.15, 0.2) is 36.9 Å². The van der Waals surface area contributed by atoms with Crippen LogP contribution >= 0.6 is 0 Å². The summed E-state index contributed by atoms with van der Waals surface area (Å²) in [7, 11) is 0.